The number of nitrogens with one attached hydrogen (secondary N) is 3. The Labute approximate surface area is 179 Å². The predicted octanol–water partition coefficient (Wildman–Crippen LogP) is 1.94. The van der Waals surface area contributed by atoms with Crippen LogP contribution in [-0.4, -0.2) is 62.6 Å². The third-order valence-electron chi connectivity index (χ3n) is 5.54. The fourth-order valence-electron chi connectivity index (χ4n) is 4.05. The summed E-state index contributed by atoms with van der Waals surface area (Å²) in [5.41, 5.74) is 1.78. The molecule has 2 amide bonds. The average Bonchev–Trinajstić information content (AvgIpc) is 3.21. The quantitative estimate of drug-likeness (QED) is 0.623. The van der Waals surface area contributed by atoms with E-state index in [0.29, 0.717) is 30.4 Å². The molecular formula is C21H33ClN4O3. The lowest BCUT2D eigenvalue weighted by Crippen LogP contribution is -2.46. The van der Waals surface area contributed by atoms with Crippen molar-refractivity contribution < 1.29 is 14.3 Å². The molecule has 0 radical (unpaired) electrons. The van der Waals surface area contributed by atoms with Crippen LogP contribution in [0.5, 0.6) is 5.75 Å². The third-order valence-corrected chi connectivity index (χ3v) is 5.54. The lowest BCUT2D eigenvalue weighted by atomic mass is 9.98. The van der Waals surface area contributed by atoms with Gasteiger partial charge in [-0.3, -0.25) is 14.5 Å². The molecular weight excluding hydrogens is 392 g/mol. The summed E-state index contributed by atoms with van der Waals surface area (Å²) in [5.74, 6) is 1.13. The van der Waals surface area contributed by atoms with Crippen molar-refractivity contribution in [1.82, 2.24) is 15.5 Å². The van der Waals surface area contributed by atoms with E-state index in [1.54, 1.807) is 7.11 Å². The standard InChI is InChI=1S/C21H32N4O3.ClH/c1-15-7-8-19(28-2)18(11-15)24-20(26)14-25-10-4-5-16(13-25)12-23-21(27)17-6-3-9-22-17;/h7-8,11,16-17,22H,3-6,9-10,12-14H2,1-2H3,(H,23,27)(H,24,26);1H. The van der Waals surface area contributed by atoms with Gasteiger partial charge in [0.2, 0.25) is 11.8 Å². The molecule has 1 aromatic rings. The Morgan fingerprint density at radius 3 is 2.83 bits per heavy atom. The van der Waals surface area contributed by atoms with Gasteiger partial charge in [0.25, 0.3) is 0 Å². The van der Waals surface area contributed by atoms with Crippen LogP contribution in [0.2, 0.25) is 0 Å². The third kappa shape index (κ3) is 6.87. The van der Waals surface area contributed by atoms with Crippen LogP contribution in [0.3, 0.4) is 0 Å². The highest BCUT2D eigenvalue weighted by atomic mass is 35.5. The molecule has 162 valence electrons. The van der Waals surface area contributed by atoms with Gasteiger partial charge in [0, 0.05) is 13.1 Å². The second-order valence-electron chi connectivity index (χ2n) is 7.89. The highest BCUT2D eigenvalue weighted by Gasteiger charge is 2.25. The largest absolute Gasteiger partial charge is 0.495 e. The minimum Gasteiger partial charge on any atom is -0.495 e. The summed E-state index contributed by atoms with van der Waals surface area (Å²) in [7, 11) is 1.60. The van der Waals surface area contributed by atoms with Crippen LogP contribution in [0.1, 0.15) is 31.2 Å². The van der Waals surface area contributed by atoms with E-state index in [-0.39, 0.29) is 30.3 Å². The summed E-state index contributed by atoms with van der Waals surface area (Å²) in [5, 5.41) is 9.28. The Kier molecular flexibility index (Phi) is 9.20. The number of likely N-dealkylation sites (tertiary alicyclic amines) is 1. The number of methoxy groups -OCH3 is 1. The Morgan fingerprint density at radius 1 is 1.28 bits per heavy atom. The SMILES string of the molecule is COc1ccc(C)cc1NC(=O)CN1CCCC(CNC(=O)C2CCCN2)C1.Cl. The van der Waals surface area contributed by atoms with E-state index in [1.165, 1.54) is 0 Å². The number of halogens is 1. The van der Waals surface area contributed by atoms with Crippen LogP contribution in [0.4, 0.5) is 5.69 Å². The van der Waals surface area contributed by atoms with E-state index in [1.807, 2.05) is 25.1 Å². The van der Waals surface area contributed by atoms with Gasteiger partial charge >= 0.3 is 0 Å². The summed E-state index contributed by atoms with van der Waals surface area (Å²) < 4.78 is 5.33. The van der Waals surface area contributed by atoms with Crippen molar-refractivity contribution in [1.29, 1.82) is 0 Å². The van der Waals surface area contributed by atoms with E-state index in [4.69, 9.17) is 4.74 Å². The zero-order valence-corrected chi connectivity index (χ0v) is 18.1. The average molecular weight is 425 g/mol. The lowest BCUT2D eigenvalue weighted by Gasteiger charge is -2.32. The maximum atomic E-state index is 12.5. The van der Waals surface area contributed by atoms with Crippen molar-refractivity contribution in [3.05, 3.63) is 23.8 Å². The van der Waals surface area contributed by atoms with Gasteiger partial charge in [-0.1, -0.05) is 6.07 Å². The lowest BCUT2D eigenvalue weighted by molar-refractivity contribution is -0.123. The molecule has 2 aliphatic rings. The fourth-order valence-corrected chi connectivity index (χ4v) is 4.05. The number of carbonyl (C=O) groups excluding carboxylic acids is 2. The smallest absolute Gasteiger partial charge is 0.238 e. The fraction of sp³-hybridized carbons (Fsp3) is 0.619. The number of ether oxygens (including phenoxy) is 1. The first-order valence-corrected chi connectivity index (χ1v) is 10.2. The molecule has 0 saturated carbocycles. The molecule has 0 aliphatic carbocycles. The number of carbonyl (C=O) groups is 2. The molecule has 2 fully saturated rings. The number of benzene rings is 1. The molecule has 1 aromatic carbocycles. The summed E-state index contributed by atoms with van der Waals surface area (Å²) in [6.45, 7) is 5.69. The van der Waals surface area contributed by atoms with Crippen molar-refractivity contribution in [3.63, 3.8) is 0 Å². The first kappa shape index (κ1) is 23.4. The first-order valence-electron chi connectivity index (χ1n) is 10.2. The van der Waals surface area contributed by atoms with E-state index < -0.39 is 0 Å². The number of aryl methyl sites for hydroxylation is 1. The van der Waals surface area contributed by atoms with Gasteiger partial charge in [0.1, 0.15) is 5.75 Å². The molecule has 2 unspecified atom stereocenters. The number of piperidine rings is 1. The maximum absolute atomic E-state index is 12.5. The van der Waals surface area contributed by atoms with Gasteiger partial charge in [0.05, 0.1) is 25.4 Å². The Balaban J connectivity index is 0.00000300. The molecule has 0 aromatic heterocycles. The van der Waals surface area contributed by atoms with Crippen molar-refractivity contribution in [2.24, 2.45) is 5.92 Å². The number of nitrogens with zero attached hydrogens (tertiary/aromatic N) is 1. The molecule has 7 nitrogen and oxygen atoms in total. The van der Waals surface area contributed by atoms with Crippen LogP contribution in [0, 0.1) is 12.8 Å². The Bertz CT molecular complexity index is 695. The number of rotatable bonds is 7. The van der Waals surface area contributed by atoms with Crippen molar-refractivity contribution in [2.45, 2.75) is 38.6 Å². The summed E-state index contributed by atoms with van der Waals surface area (Å²) in [4.78, 5) is 26.9. The van der Waals surface area contributed by atoms with Gasteiger partial charge in [-0.25, -0.2) is 0 Å². The molecule has 2 aliphatic heterocycles. The Hall–Kier alpha value is -1.83. The topological polar surface area (TPSA) is 82.7 Å². The van der Waals surface area contributed by atoms with Gasteiger partial charge in [-0.05, 0) is 69.3 Å². The van der Waals surface area contributed by atoms with Crippen molar-refractivity contribution >= 4 is 29.9 Å². The summed E-state index contributed by atoms with van der Waals surface area (Å²) in [6, 6.07) is 5.71. The molecule has 3 N–H and O–H groups in total. The minimum atomic E-state index is -0.0382. The summed E-state index contributed by atoms with van der Waals surface area (Å²) >= 11 is 0. The van der Waals surface area contributed by atoms with Crippen LogP contribution in [0.15, 0.2) is 18.2 Å². The minimum absolute atomic E-state index is 0. The second-order valence-corrected chi connectivity index (χ2v) is 7.89. The van der Waals surface area contributed by atoms with Crippen LogP contribution < -0.4 is 20.7 Å². The molecule has 0 spiro atoms. The first-order chi connectivity index (χ1) is 13.5. The van der Waals surface area contributed by atoms with Crippen molar-refractivity contribution in [3.8, 4) is 5.75 Å². The van der Waals surface area contributed by atoms with Crippen molar-refractivity contribution in [2.75, 3.05) is 45.2 Å². The predicted molar refractivity (Wildman–Crippen MR) is 117 cm³/mol. The van der Waals surface area contributed by atoms with Gasteiger partial charge < -0.3 is 20.7 Å². The summed E-state index contributed by atoms with van der Waals surface area (Å²) in [6.07, 6.45) is 4.12. The van der Waals surface area contributed by atoms with E-state index in [0.717, 1.165) is 50.9 Å². The molecule has 2 heterocycles. The number of amides is 2. The molecule has 2 saturated heterocycles. The zero-order chi connectivity index (χ0) is 19.9. The zero-order valence-electron chi connectivity index (χ0n) is 17.3. The van der Waals surface area contributed by atoms with E-state index in [9.17, 15) is 9.59 Å². The highest BCUT2D eigenvalue weighted by molar-refractivity contribution is 5.93. The Morgan fingerprint density at radius 2 is 2.10 bits per heavy atom. The van der Waals surface area contributed by atoms with Gasteiger partial charge in [-0.2, -0.15) is 0 Å². The van der Waals surface area contributed by atoms with E-state index in [2.05, 4.69) is 20.9 Å². The van der Waals surface area contributed by atoms with Gasteiger partial charge in [-0.15, -0.1) is 12.4 Å². The molecule has 29 heavy (non-hydrogen) atoms. The number of hydrogen-bond acceptors (Lipinski definition) is 5. The van der Waals surface area contributed by atoms with Crippen LogP contribution in [0.25, 0.3) is 0 Å². The molecule has 3 rings (SSSR count). The molecule has 8 heteroatoms. The molecule has 0 bridgehead atoms. The second kappa shape index (κ2) is 11.4. The molecule has 2 atom stereocenters. The highest BCUT2D eigenvalue weighted by Crippen LogP contribution is 2.25. The number of anilines is 1. The normalized spacial score (nSPS) is 21.9. The maximum Gasteiger partial charge on any atom is 0.238 e. The van der Waals surface area contributed by atoms with Crippen LogP contribution >= 0.6 is 12.4 Å². The monoisotopic (exact) mass is 424 g/mol. The van der Waals surface area contributed by atoms with Crippen LogP contribution in [-0.2, 0) is 9.59 Å². The van der Waals surface area contributed by atoms with Gasteiger partial charge in [0.15, 0.2) is 0 Å². The van der Waals surface area contributed by atoms with E-state index >= 15 is 0 Å². The number of hydrogen-bond donors (Lipinski definition) is 3.